The number of halogens is 1. The maximum Gasteiger partial charge on any atom is 0.354 e. The molecule has 0 saturated carbocycles. The van der Waals surface area contributed by atoms with Crippen molar-refractivity contribution in [3.8, 4) is 0 Å². The lowest BCUT2D eigenvalue weighted by atomic mass is 10.1. The third kappa shape index (κ3) is 1.59. The number of aromatic nitrogens is 1. The fraction of sp³-hybridized carbons (Fsp3) is 0. The summed E-state index contributed by atoms with van der Waals surface area (Å²) in [6, 6.07) is 6.45. The summed E-state index contributed by atoms with van der Waals surface area (Å²) in [6.07, 6.45) is 0. The molecule has 1 aromatic heterocycles. The van der Waals surface area contributed by atoms with Gasteiger partial charge in [0.25, 0.3) is 0 Å². The number of nitrogens with two attached hydrogens (primary N) is 1. The van der Waals surface area contributed by atoms with Gasteiger partial charge in [0.2, 0.25) is 0 Å². The number of carboxylic acids is 1. The average Bonchev–Trinajstić information content (AvgIpc) is 2.19. The third-order valence-corrected chi connectivity index (χ3v) is 2.35. The lowest BCUT2D eigenvalue weighted by Gasteiger charge is -2.04. The van der Waals surface area contributed by atoms with Crippen LogP contribution in [0, 0.1) is 0 Å². The molecule has 4 nitrogen and oxygen atoms in total. The van der Waals surface area contributed by atoms with Crippen LogP contribution in [0.5, 0.6) is 0 Å². The van der Waals surface area contributed by atoms with E-state index in [0.717, 1.165) is 0 Å². The topological polar surface area (TPSA) is 76.2 Å². The van der Waals surface area contributed by atoms with Gasteiger partial charge in [-0.15, -0.1) is 0 Å². The van der Waals surface area contributed by atoms with E-state index in [1.807, 2.05) is 0 Å². The zero-order valence-electron chi connectivity index (χ0n) is 7.57. The Morgan fingerprint density at radius 2 is 2.20 bits per heavy atom. The summed E-state index contributed by atoms with van der Waals surface area (Å²) in [6.45, 7) is 0. The largest absolute Gasteiger partial charge is 0.477 e. The molecule has 0 aliphatic rings. The molecule has 0 radical (unpaired) electrons. The van der Waals surface area contributed by atoms with Gasteiger partial charge in [-0.3, -0.25) is 0 Å². The van der Waals surface area contributed by atoms with Crippen molar-refractivity contribution >= 4 is 34.2 Å². The zero-order chi connectivity index (χ0) is 11.0. The molecule has 3 N–H and O–H groups in total. The number of carbonyl (C=O) groups is 1. The molecule has 0 unspecified atom stereocenters. The van der Waals surface area contributed by atoms with E-state index < -0.39 is 5.97 Å². The number of hydrogen-bond donors (Lipinski definition) is 2. The van der Waals surface area contributed by atoms with Crippen molar-refractivity contribution in [3.05, 3.63) is 35.0 Å². The van der Waals surface area contributed by atoms with Crippen molar-refractivity contribution in [1.29, 1.82) is 0 Å². The molecule has 5 heteroatoms. The summed E-state index contributed by atoms with van der Waals surface area (Å²) in [7, 11) is 0. The van der Waals surface area contributed by atoms with E-state index in [1.165, 1.54) is 6.07 Å². The molecule has 0 fully saturated rings. The fourth-order valence-corrected chi connectivity index (χ4v) is 1.57. The highest BCUT2D eigenvalue weighted by Gasteiger charge is 2.10. The SMILES string of the molecule is Nc1cc(C(=O)O)nc2c(Cl)cccc12. The summed E-state index contributed by atoms with van der Waals surface area (Å²) in [5.41, 5.74) is 6.37. The van der Waals surface area contributed by atoms with Gasteiger partial charge in [0.05, 0.1) is 10.5 Å². The van der Waals surface area contributed by atoms with Crippen LogP contribution in [0.4, 0.5) is 5.69 Å². The minimum atomic E-state index is -1.12. The van der Waals surface area contributed by atoms with Gasteiger partial charge in [-0.1, -0.05) is 23.7 Å². The van der Waals surface area contributed by atoms with Gasteiger partial charge < -0.3 is 10.8 Å². The number of para-hydroxylation sites is 1. The molecule has 0 aliphatic carbocycles. The van der Waals surface area contributed by atoms with E-state index in [1.54, 1.807) is 18.2 Å². The average molecular weight is 223 g/mol. The molecule has 0 saturated heterocycles. The van der Waals surface area contributed by atoms with Crippen LogP contribution in [0.2, 0.25) is 5.02 Å². The molecule has 2 rings (SSSR count). The highest BCUT2D eigenvalue weighted by Crippen LogP contribution is 2.26. The van der Waals surface area contributed by atoms with Crippen molar-refractivity contribution < 1.29 is 9.90 Å². The molecule has 1 heterocycles. The molecular weight excluding hydrogens is 216 g/mol. The molecule has 1 aromatic carbocycles. The van der Waals surface area contributed by atoms with Gasteiger partial charge in [-0.2, -0.15) is 0 Å². The normalized spacial score (nSPS) is 10.5. The number of carboxylic acid groups (broad SMARTS) is 1. The highest BCUT2D eigenvalue weighted by atomic mass is 35.5. The number of fused-ring (bicyclic) bond motifs is 1. The van der Waals surface area contributed by atoms with Crippen molar-refractivity contribution in [2.45, 2.75) is 0 Å². The lowest BCUT2D eigenvalue weighted by molar-refractivity contribution is 0.0691. The third-order valence-electron chi connectivity index (χ3n) is 2.04. The molecular formula is C10H7ClN2O2. The predicted molar refractivity (Wildman–Crippen MR) is 58.1 cm³/mol. The number of hydrogen-bond acceptors (Lipinski definition) is 3. The van der Waals surface area contributed by atoms with E-state index in [0.29, 0.717) is 21.6 Å². The van der Waals surface area contributed by atoms with E-state index in [9.17, 15) is 4.79 Å². The van der Waals surface area contributed by atoms with Crippen LogP contribution in [0.1, 0.15) is 10.5 Å². The first-order valence-electron chi connectivity index (χ1n) is 4.17. The lowest BCUT2D eigenvalue weighted by Crippen LogP contribution is -2.02. The van der Waals surface area contributed by atoms with E-state index >= 15 is 0 Å². The molecule has 0 atom stereocenters. The first kappa shape index (κ1) is 9.73. The molecule has 0 aliphatic heterocycles. The Balaban J connectivity index is 2.85. The standard InChI is InChI=1S/C10H7ClN2O2/c11-6-3-1-2-5-7(12)4-8(10(14)15)13-9(5)6/h1-4H,(H2,12,13)(H,14,15). The second kappa shape index (κ2) is 3.40. The molecule has 0 amide bonds. The molecule has 76 valence electrons. The summed E-state index contributed by atoms with van der Waals surface area (Å²) < 4.78 is 0. The Bertz CT molecular complexity index is 554. The Kier molecular flexibility index (Phi) is 2.21. The number of nitrogens with zero attached hydrogens (tertiary/aromatic N) is 1. The summed E-state index contributed by atoms with van der Waals surface area (Å²) in [5.74, 6) is -1.12. The van der Waals surface area contributed by atoms with Gasteiger partial charge in [0.15, 0.2) is 5.69 Å². The van der Waals surface area contributed by atoms with Crippen LogP contribution in [0.3, 0.4) is 0 Å². The fourth-order valence-electron chi connectivity index (χ4n) is 1.35. The van der Waals surface area contributed by atoms with Gasteiger partial charge in [0, 0.05) is 11.1 Å². The second-order valence-electron chi connectivity index (χ2n) is 3.04. The number of anilines is 1. The van der Waals surface area contributed by atoms with Crippen LogP contribution in [-0.4, -0.2) is 16.1 Å². The van der Waals surface area contributed by atoms with Crippen LogP contribution in [0.15, 0.2) is 24.3 Å². The van der Waals surface area contributed by atoms with Crippen molar-refractivity contribution in [2.24, 2.45) is 0 Å². The Labute approximate surface area is 90.3 Å². The second-order valence-corrected chi connectivity index (χ2v) is 3.45. The number of aromatic carboxylic acids is 1. The Morgan fingerprint density at radius 1 is 1.47 bits per heavy atom. The predicted octanol–water partition coefficient (Wildman–Crippen LogP) is 2.17. The summed E-state index contributed by atoms with van der Waals surface area (Å²) in [5, 5.41) is 9.85. The number of pyridine rings is 1. The minimum absolute atomic E-state index is 0.104. The van der Waals surface area contributed by atoms with Gasteiger partial charge in [0.1, 0.15) is 0 Å². The van der Waals surface area contributed by atoms with Crippen molar-refractivity contribution in [3.63, 3.8) is 0 Å². The van der Waals surface area contributed by atoms with Gasteiger partial charge >= 0.3 is 5.97 Å². The van der Waals surface area contributed by atoms with Crippen LogP contribution in [-0.2, 0) is 0 Å². The molecule has 2 aromatic rings. The van der Waals surface area contributed by atoms with E-state index in [4.69, 9.17) is 22.4 Å². The first-order chi connectivity index (χ1) is 7.09. The number of nitrogen functional groups attached to an aromatic ring is 1. The molecule has 15 heavy (non-hydrogen) atoms. The maximum atomic E-state index is 10.7. The monoisotopic (exact) mass is 222 g/mol. The molecule has 0 bridgehead atoms. The van der Waals surface area contributed by atoms with Crippen LogP contribution in [0.25, 0.3) is 10.9 Å². The smallest absolute Gasteiger partial charge is 0.354 e. The van der Waals surface area contributed by atoms with Crippen LogP contribution < -0.4 is 5.73 Å². The number of rotatable bonds is 1. The molecule has 0 spiro atoms. The Morgan fingerprint density at radius 3 is 2.87 bits per heavy atom. The first-order valence-corrected chi connectivity index (χ1v) is 4.55. The van der Waals surface area contributed by atoms with E-state index in [2.05, 4.69) is 4.98 Å². The van der Waals surface area contributed by atoms with Crippen LogP contribution >= 0.6 is 11.6 Å². The number of benzene rings is 1. The Hall–Kier alpha value is -1.81. The van der Waals surface area contributed by atoms with E-state index in [-0.39, 0.29) is 5.69 Å². The minimum Gasteiger partial charge on any atom is -0.477 e. The maximum absolute atomic E-state index is 10.7. The quantitative estimate of drug-likeness (QED) is 0.775. The summed E-state index contributed by atoms with van der Waals surface area (Å²) in [4.78, 5) is 14.7. The zero-order valence-corrected chi connectivity index (χ0v) is 8.32. The van der Waals surface area contributed by atoms with Gasteiger partial charge in [-0.05, 0) is 12.1 Å². The van der Waals surface area contributed by atoms with Crippen molar-refractivity contribution in [2.75, 3.05) is 5.73 Å². The summed E-state index contributed by atoms with van der Waals surface area (Å²) >= 11 is 5.89. The van der Waals surface area contributed by atoms with Gasteiger partial charge in [-0.25, -0.2) is 9.78 Å². The van der Waals surface area contributed by atoms with Crippen molar-refractivity contribution in [1.82, 2.24) is 4.98 Å². The highest BCUT2D eigenvalue weighted by molar-refractivity contribution is 6.35.